The van der Waals surface area contributed by atoms with Gasteiger partial charge in [0.1, 0.15) is 0 Å². The van der Waals surface area contributed by atoms with Crippen molar-refractivity contribution in [1.82, 2.24) is 0 Å². The predicted octanol–water partition coefficient (Wildman–Crippen LogP) is 1.08. The van der Waals surface area contributed by atoms with E-state index < -0.39 is 28.9 Å². The summed E-state index contributed by atoms with van der Waals surface area (Å²) in [5.41, 5.74) is 4.42. The van der Waals surface area contributed by atoms with Gasteiger partial charge in [-0.25, -0.2) is 4.39 Å². The van der Waals surface area contributed by atoms with Gasteiger partial charge in [0, 0.05) is 0 Å². The van der Waals surface area contributed by atoms with Gasteiger partial charge < -0.3 is 15.2 Å². The summed E-state index contributed by atoms with van der Waals surface area (Å²) in [5, 5.41) is 0. The van der Waals surface area contributed by atoms with Gasteiger partial charge in [-0.3, -0.25) is 4.79 Å². The summed E-state index contributed by atoms with van der Waals surface area (Å²) in [5.74, 6) is -4.17. The van der Waals surface area contributed by atoms with Crippen LogP contribution in [0.15, 0.2) is 6.07 Å². The molecule has 0 heterocycles. The Labute approximate surface area is 84.6 Å². The number of hydrogen-bond acceptors (Lipinski definition) is 3. The standard InChI is InChI=1S/C9H9F2NO3/c1-14-5-3-4(9(12)13)6(10)8(15-2)7(5)11/h3H,1-2H3,(H2,12,13). The molecule has 82 valence electrons. The molecule has 1 aromatic carbocycles. The highest BCUT2D eigenvalue weighted by atomic mass is 19.1. The fourth-order valence-corrected chi connectivity index (χ4v) is 1.10. The number of halogens is 2. The quantitative estimate of drug-likeness (QED) is 0.824. The lowest BCUT2D eigenvalue weighted by atomic mass is 10.1. The monoisotopic (exact) mass is 217 g/mol. The number of carbonyl (C=O) groups excluding carboxylic acids is 1. The van der Waals surface area contributed by atoms with Gasteiger partial charge in [0.05, 0.1) is 19.8 Å². The highest BCUT2D eigenvalue weighted by molar-refractivity contribution is 5.94. The van der Waals surface area contributed by atoms with Crippen LogP contribution in [0, 0.1) is 11.6 Å². The van der Waals surface area contributed by atoms with Crippen molar-refractivity contribution in [2.45, 2.75) is 0 Å². The average molecular weight is 217 g/mol. The number of rotatable bonds is 3. The van der Waals surface area contributed by atoms with Crippen molar-refractivity contribution >= 4 is 5.91 Å². The fraction of sp³-hybridized carbons (Fsp3) is 0.222. The molecule has 6 heteroatoms. The SMILES string of the molecule is COc1cc(C(N)=O)c(F)c(OC)c1F. The normalized spacial score (nSPS) is 9.87. The second kappa shape index (κ2) is 4.12. The molecule has 0 fully saturated rings. The molecule has 0 saturated heterocycles. The van der Waals surface area contributed by atoms with Gasteiger partial charge in [-0.05, 0) is 6.07 Å². The van der Waals surface area contributed by atoms with Gasteiger partial charge >= 0.3 is 0 Å². The van der Waals surface area contributed by atoms with E-state index in [1.165, 1.54) is 7.11 Å². The molecule has 0 unspecified atom stereocenters. The Bertz CT molecular complexity index is 407. The van der Waals surface area contributed by atoms with Crippen molar-refractivity contribution in [1.29, 1.82) is 0 Å². The minimum absolute atomic E-state index is 0.304. The van der Waals surface area contributed by atoms with Crippen molar-refractivity contribution in [3.05, 3.63) is 23.3 Å². The zero-order valence-corrected chi connectivity index (χ0v) is 8.14. The molecule has 0 aliphatic carbocycles. The number of methoxy groups -OCH3 is 2. The molecule has 15 heavy (non-hydrogen) atoms. The van der Waals surface area contributed by atoms with E-state index in [0.29, 0.717) is 0 Å². The Hall–Kier alpha value is -1.85. The van der Waals surface area contributed by atoms with Crippen molar-refractivity contribution in [2.24, 2.45) is 5.73 Å². The molecule has 0 atom stereocenters. The number of hydrogen-bond donors (Lipinski definition) is 1. The van der Waals surface area contributed by atoms with Gasteiger partial charge in [0.2, 0.25) is 5.82 Å². The molecule has 4 nitrogen and oxygen atoms in total. The van der Waals surface area contributed by atoms with Gasteiger partial charge in [0.15, 0.2) is 17.3 Å². The van der Waals surface area contributed by atoms with Gasteiger partial charge in [-0.15, -0.1) is 0 Å². The lowest BCUT2D eigenvalue weighted by Crippen LogP contribution is -2.14. The second-order valence-electron chi connectivity index (χ2n) is 2.65. The minimum atomic E-state index is -1.14. The third-order valence-corrected chi connectivity index (χ3v) is 1.82. The molecule has 0 aromatic heterocycles. The Morgan fingerprint density at radius 1 is 1.27 bits per heavy atom. The van der Waals surface area contributed by atoms with E-state index in [2.05, 4.69) is 9.47 Å². The summed E-state index contributed by atoms with van der Waals surface area (Å²) in [6, 6.07) is 0.884. The number of amides is 1. The number of carbonyl (C=O) groups is 1. The first kappa shape index (κ1) is 11.2. The van der Waals surface area contributed by atoms with E-state index in [-0.39, 0.29) is 5.75 Å². The fourth-order valence-electron chi connectivity index (χ4n) is 1.10. The zero-order valence-electron chi connectivity index (χ0n) is 8.14. The summed E-state index contributed by atoms with van der Waals surface area (Å²) < 4.78 is 35.8. The molecule has 1 aromatic rings. The third-order valence-electron chi connectivity index (χ3n) is 1.82. The summed E-state index contributed by atoms with van der Waals surface area (Å²) in [4.78, 5) is 10.8. The van der Waals surface area contributed by atoms with E-state index >= 15 is 0 Å². The number of benzene rings is 1. The summed E-state index contributed by atoms with van der Waals surface area (Å²) in [6.07, 6.45) is 0. The molecule has 0 saturated carbocycles. The molecule has 0 bridgehead atoms. The average Bonchev–Trinajstić information content (AvgIpc) is 2.18. The summed E-state index contributed by atoms with van der Waals surface area (Å²) >= 11 is 0. The van der Waals surface area contributed by atoms with E-state index in [1.54, 1.807) is 0 Å². The van der Waals surface area contributed by atoms with Crippen LogP contribution in [0.5, 0.6) is 11.5 Å². The Morgan fingerprint density at radius 3 is 2.27 bits per heavy atom. The lowest BCUT2D eigenvalue weighted by Gasteiger charge is -2.10. The van der Waals surface area contributed by atoms with Crippen LogP contribution in [-0.2, 0) is 0 Å². The minimum Gasteiger partial charge on any atom is -0.494 e. The van der Waals surface area contributed by atoms with Crippen LogP contribution in [-0.4, -0.2) is 20.1 Å². The van der Waals surface area contributed by atoms with E-state index in [0.717, 1.165) is 13.2 Å². The first-order valence-electron chi connectivity index (χ1n) is 3.92. The molecule has 1 amide bonds. The van der Waals surface area contributed by atoms with Crippen molar-refractivity contribution in [2.75, 3.05) is 14.2 Å². The molecule has 0 aliphatic rings. The molecule has 0 spiro atoms. The topological polar surface area (TPSA) is 61.5 Å². The van der Waals surface area contributed by atoms with Gasteiger partial charge in [0.25, 0.3) is 5.91 Å². The predicted molar refractivity (Wildman–Crippen MR) is 48.0 cm³/mol. The van der Waals surface area contributed by atoms with Gasteiger partial charge in [-0.1, -0.05) is 0 Å². The third kappa shape index (κ3) is 1.83. The van der Waals surface area contributed by atoms with Crippen LogP contribution in [0.4, 0.5) is 8.78 Å². The number of ether oxygens (including phenoxy) is 2. The second-order valence-corrected chi connectivity index (χ2v) is 2.65. The van der Waals surface area contributed by atoms with Crippen molar-refractivity contribution in [3.8, 4) is 11.5 Å². The number of primary amides is 1. The molecule has 0 radical (unpaired) electrons. The smallest absolute Gasteiger partial charge is 0.251 e. The molecular weight excluding hydrogens is 208 g/mol. The largest absolute Gasteiger partial charge is 0.494 e. The first-order chi connectivity index (χ1) is 7.02. The van der Waals surface area contributed by atoms with Crippen molar-refractivity contribution < 1.29 is 23.0 Å². The van der Waals surface area contributed by atoms with Crippen molar-refractivity contribution in [3.63, 3.8) is 0 Å². The van der Waals surface area contributed by atoms with Crippen LogP contribution < -0.4 is 15.2 Å². The zero-order chi connectivity index (χ0) is 11.6. The van der Waals surface area contributed by atoms with Crippen LogP contribution >= 0.6 is 0 Å². The molecule has 1 rings (SSSR count). The Kier molecular flexibility index (Phi) is 3.08. The van der Waals surface area contributed by atoms with Crippen LogP contribution in [0.1, 0.15) is 10.4 Å². The number of nitrogens with two attached hydrogens (primary N) is 1. The van der Waals surface area contributed by atoms with E-state index in [1.807, 2.05) is 0 Å². The van der Waals surface area contributed by atoms with Crippen LogP contribution in [0.3, 0.4) is 0 Å². The van der Waals surface area contributed by atoms with Crippen LogP contribution in [0.25, 0.3) is 0 Å². The summed E-state index contributed by atoms with van der Waals surface area (Å²) in [6.45, 7) is 0. The van der Waals surface area contributed by atoms with E-state index in [4.69, 9.17) is 5.73 Å². The maximum Gasteiger partial charge on any atom is 0.251 e. The lowest BCUT2D eigenvalue weighted by molar-refractivity contribution is 0.0995. The highest BCUT2D eigenvalue weighted by Gasteiger charge is 2.22. The maximum absolute atomic E-state index is 13.4. The highest BCUT2D eigenvalue weighted by Crippen LogP contribution is 2.31. The molecule has 2 N–H and O–H groups in total. The summed E-state index contributed by atoms with van der Waals surface area (Å²) in [7, 11) is 2.26. The first-order valence-corrected chi connectivity index (χ1v) is 3.92. The van der Waals surface area contributed by atoms with Gasteiger partial charge in [-0.2, -0.15) is 4.39 Å². The van der Waals surface area contributed by atoms with Crippen LogP contribution in [0.2, 0.25) is 0 Å². The van der Waals surface area contributed by atoms with E-state index in [9.17, 15) is 13.6 Å². The maximum atomic E-state index is 13.4. The Morgan fingerprint density at radius 2 is 1.87 bits per heavy atom. The molecule has 0 aliphatic heterocycles. The molecular formula is C9H9F2NO3. The Balaban J connectivity index is 3.51.